The maximum atomic E-state index is 14.4. The lowest BCUT2D eigenvalue weighted by Crippen LogP contribution is -2.47. The second-order valence-corrected chi connectivity index (χ2v) is 6.43. The number of carbonyl (C=O) groups is 1. The van der Waals surface area contributed by atoms with Crippen LogP contribution in [0.5, 0.6) is 5.75 Å². The number of carboxylic acid groups (broad SMARTS) is 1. The van der Waals surface area contributed by atoms with E-state index < -0.39 is 11.9 Å². The Morgan fingerprint density at radius 2 is 2.27 bits per heavy atom. The van der Waals surface area contributed by atoms with Gasteiger partial charge in [-0.15, -0.1) is 0 Å². The third-order valence-corrected chi connectivity index (χ3v) is 4.41. The predicted octanol–water partition coefficient (Wildman–Crippen LogP) is 3.59. The molecule has 0 radical (unpaired) electrons. The first-order valence-corrected chi connectivity index (χ1v) is 8.52. The lowest BCUT2D eigenvalue weighted by molar-refractivity contribution is 0.0139. The van der Waals surface area contributed by atoms with Crippen LogP contribution in [0.15, 0.2) is 36.5 Å². The highest BCUT2D eigenvalue weighted by atomic mass is 35.5. The van der Waals surface area contributed by atoms with E-state index in [-0.39, 0.29) is 18.6 Å². The Hall–Kier alpha value is -2.38. The number of aromatic nitrogens is 1. The first-order valence-electron chi connectivity index (χ1n) is 8.14. The van der Waals surface area contributed by atoms with Gasteiger partial charge in [0.2, 0.25) is 0 Å². The molecule has 1 fully saturated rings. The Bertz CT molecular complexity index is 772. The largest absolute Gasteiger partial charge is 0.493 e. The monoisotopic (exact) mass is 380 g/mol. The van der Waals surface area contributed by atoms with Crippen LogP contribution < -0.4 is 10.1 Å². The molecular weight excluding hydrogens is 363 g/mol. The summed E-state index contributed by atoms with van der Waals surface area (Å²) in [6.07, 6.45) is 0.961. The normalized spacial score (nSPS) is 19.8. The number of nitrogens with one attached hydrogen (secondary N) is 1. The molecule has 2 N–H and O–H groups in total. The minimum atomic E-state index is -1.08. The third-order valence-electron chi connectivity index (χ3n) is 4.19. The summed E-state index contributed by atoms with van der Waals surface area (Å²) in [5, 5.41) is 11.9. The molecule has 1 aromatic carbocycles. The minimum absolute atomic E-state index is 0.138. The second kappa shape index (κ2) is 8.33. The Kier molecular flexibility index (Phi) is 5.90. The molecular formula is C18H18ClFN2O4. The first-order chi connectivity index (χ1) is 12.5. The summed E-state index contributed by atoms with van der Waals surface area (Å²) in [6.45, 7) is 1.11. The summed E-state index contributed by atoms with van der Waals surface area (Å²) in [5.41, 5.74) is 0.824. The van der Waals surface area contributed by atoms with Gasteiger partial charge < -0.3 is 19.9 Å². The number of ether oxygens (including phenoxy) is 2. The van der Waals surface area contributed by atoms with Gasteiger partial charge in [-0.3, -0.25) is 4.98 Å². The third kappa shape index (κ3) is 4.62. The molecule has 0 bridgehead atoms. The van der Waals surface area contributed by atoms with Gasteiger partial charge in [0.1, 0.15) is 11.6 Å². The van der Waals surface area contributed by atoms with Crippen molar-refractivity contribution in [3.05, 3.63) is 47.4 Å². The molecule has 0 aliphatic carbocycles. The lowest BCUT2D eigenvalue weighted by atomic mass is 9.97. The van der Waals surface area contributed by atoms with Crippen LogP contribution in [0.3, 0.4) is 0 Å². The molecule has 26 heavy (non-hydrogen) atoms. The molecule has 1 aromatic heterocycles. The van der Waals surface area contributed by atoms with E-state index >= 15 is 0 Å². The smallest absolute Gasteiger partial charge is 0.404 e. The fraction of sp³-hybridized carbons (Fsp3) is 0.333. The van der Waals surface area contributed by atoms with Crippen molar-refractivity contribution in [1.29, 1.82) is 0 Å². The van der Waals surface area contributed by atoms with Crippen LogP contribution in [0.25, 0.3) is 11.3 Å². The number of pyridine rings is 1. The number of rotatable bonds is 5. The van der Waals surface area contributed by atoms with Crippen molar-refractivity contribution in [2.24, 2.45) is 5.92 Å². The zero-order valence-electron chi connectivity index (χ0n) is 13.8. The molecule has 0 saturated carbocycles. The molecule has 2 unspecified atom stereocenters. The van der Waals surface area contributed by atoms with Crippen LogP contribution in [0.1, 0.15) is 6.42 Å². The fourth-order valence-electron chi connectivity index (χ4n) is 2.84. The summed E-state index contributed by atoms with van der Waals surface area (Å²) < 4.78 is 25.4. The van der Waals surface area contributed by atoms with Gasteiger partial charge in [-0.2, -0.15) is 0 Å². The van der Waals surface area contributed by atoms with Crippen molar-refractivity contribution >= 4 is 17.7 Å². The molecule has 1 saturated heterocycles. The molecule has 0 spiro atoms. The molecule has 1 aliphatic heterocycles. The highest BCUT2D eigenvalue weighted by Crippen LogP contribution is 2.26. The summed E-state index contributed by atoms with van der Waals surface area (Å²) in [4.78, 5) is 15.0. The van der Waals surface area contributed by atoms with Gasteiger partial charge in [-0.05, 0) is 30.7 Å². The minimum Gasteiger partial charge on any atom is -0.493 e. The maximum absolute atomic E-state index is 14.4. The Morgan fingerprint density at radius 3 is 2.96 bits per heavy atom. The van der Waals surface area contributed by atoms with Crippen molar-refractivity contribution in [3.8, 4) is 17.0 Å². The van der Waals surface area contributed by atoms with Gasteiger partial charge >= 0.3 is 6.09 Å². The van der Waals surface area contributed by atoms with Gasteiger partial charge in [-0.1, -0.05) is 11.6 Å². The van der Waals surface area contributed by atoms with E-state index in [4.69, 9.17) is 26.2 Å². The topological polar surface area (TPSA) is 80.7 Å². The zero-order chi connectivity index (χ0) is 18.5. The van der Waals surface area contributed by atoms with E-state index in [0.29, 0.717) is 41.7 Å². The zero-order valence-corrected chi connectivity index (χ0v) is 14.6. The predicted molar refractivity (Wildman–Crippen MR) is 94.0 cm³/mol. The molecule has 138 valence electrons. The summed E-state index contributed by atoms with van der Waals surface area (Å²) in [5.74, 6) is -0.238. The van der Waals surface area contributed by atoms with Crippen LogP contribution >= 0.6 is 11.6 Å². The molecule has 2 aromatic rings. The van der Waals surface area contributed by atoms with Gasteiger partial charge in [0.25, 0.3) is 0 Å². The fourth-order valence-corrected chi connectivity index (χ4v) is 2.95. The van der Waals surface area contributed by atoms with E-state index in [1.54, 1.807) is 24.3 Å². The second-order valence-electron chi connectivity index (χ2n) is 5.99. The Labute approximate surface area is 154 Å². The van der Waals surface area contributed by atoms with E-state index in [2.05, 4.69) is 10.3 Å². The van der Waals surface area contributed by atoms with Gasteiger partial charge in [-0.25, -0.2) is 9.18 Å². The van der Waals surface area contributed by atoms with Crippen LogP contribution in [0, 0.1) is 11.7 Å². The summed E-state index contributed by atoms with van der Waals surface area (Å²) in [7, 11) is 0. The number of halogens is 2. The van der Waals surface area contributed by atoms with Crippen LogP contribution in [-0.2, 0) is 4.74 Å². The first kappa shape index (κ1) is 18.4. The maximum Gasteiger partial charge on any atom is 0.404 e. The molecule has 6 nitrogen and oxygen atoms in total. The highest BCUT2D eigenvalue weighted by Gasteiger charge is 2.27. The van der Waals surface area contributed by atoms with E-state index in [9.17, 15) is 9.18 Å². The van der Waals surface area contributed by atoms with Crippen molar-refractivity contribution in [2.75, 3.05) is 19.8 Å². The van der Waals surface area contributed by atoms with Crippen LogP contribution in [0.4, 0.5) is 9.18 Å². The lowest BCUT2D eigenvalue weighted by Gasteiger charge is -2.31. The standard InChI is InChI=1S/C18H18ClFN2O4/c19-12-1-4-17(21-8-12)14-3-2-13(7-15(14)20)26-10-11-9-25-6-5-16(11)22-18(23)24/h1-4,7-8,11,16,22H,5-6,9-10H2,(H,23,24). The number of nitrogens with zero attached hydrogens (tertiary/aromatic N) is 1. The SMILES string of the molecule is O=C(O)NC1CCOCC1COc1ccc(-c2ccc(Cl)cn2)c(F)c1. The van der Waals surface area contributed by atoms with E-state index in [1.807, 2.05) is 0 Å². The molecule has 2 atom stereocenters. The quantitative estimate of drug-likeness (QED) is 0.828. The van der Waals surface area contributed by atoms with Crippen molar-refractivity contribution in [2.45, 2.75) is 12.5 Å². The van der Waals surface area contributed by atoms with Crippen molar-refractivity contribution in [1.82, 2.24) is 10.3 Å². The van der Waals surface area contributed by atoms with Crippen LogP contribution in [0.2, 0.25) is 5.02 Å². The van der Waals surface area contributed by atoms with Gasteiger partial charge in [0, 0.05) is 36.4 Å². The van der Waals surface area contributed by atoms with Crippen LogP contribution in [-0.4, -0.2) is 42.0 Å². The average molecular weight is 381 g/mol. The number of hydrogen-bond donors (Lipinski definition) is 2. The van der Waals surface area contributed by atoms with E-state index in [0.717, 1.165) is 0 Å². The Balaban J connectivity index is 1.65. The molecule has 1 aliphatic rings. The molecule has 8 heteroatoms. The highest BCUT2D eigenvalue weighted by molar-refractivity contribution is 6.30. The number of hydrogen-bond acceptors (Lipinski definition) is 4. The summed E-state index contributed by atoms with van der Waals surface area (Å²) >= 11 is 5.79. The van der Waals surface area contributed by atoms with Crippen molar-refractivity contribution < 1.29 is 23.8 Å². The van der Waals surface area contributed by atoms with Gasteiger partial charge in [0.15, 0.2) is 0 Å². The Morgan fingerprint density at radius 1 is 1.42 bits per heavy atom. The van der Waals surface area contributed by atoms with Gasteiger partial charge in [0.05, 0.1) is 23.9 Å². The van der Waals surface area contributed by atoms with E-state index in [1.165, 1.54) is 12.3 Å². The number of amides is 1. The average Bonchev–Trinajstić information content (AvgIpc) is 2.62. The summed E-state index contributed by atoms with van der Waals surface area (Å²) in [6, 6.07) is 7.57. The molecule has 3 rings (SSSR count). The molecule has 2 heterocycles. The molecule has 1 amide bonds. The van der Waals surface area contributed by atoms with Crippen molar-refractivity contribution in [3.63, 3.8) is 0 Å². The number of benzene rings is 1.